The lowest BCUT2D eigenvalue weighted by Gasteiger charge is -2.35. The molecule has 0 heterocycles. The number of rotatable bonds is 7. The van der Waals surface area contributed by atoms with E-state index in [-0.39, 0.29) is 31.1 Å². The quantitative estimate of drug-likeness (QED) is 0.792. The van der Waals surface area contributed by atoms with Crippen LogP contribution in [0.25, 0.3) is 0 Å². The summed E-state index contributed by atoms with van der Waals surface area (Å²) >= 11 is 0. The van der Waals surface area contributed by atoms with Crippen molar-refractivity contribution in [3.05, 3.63) is 30.1 Å². The van der Waals surface area contributed by atoms with E-state index in [2.05, 4.69) is 0 Å². The van der Waals surface area contributed by atoms with Gasteiger partial charge in [0.2, 0.25) is 5.91 Å². The number of carbonyl (C=O) groups is 1. The normalized spacial score (nSPS) is 13.2. The summed E-state index contributed by atoms with van der Waals surface area (Å²) in [6.07, 6.45) is -0.784. The molecule has 1 aromatic rings. The van der Waals surface area contributed by atoms with Crippen molar-refractivity contribution in [1.82, 2.24) is 4.90 Å². The summed E-state index contributed by atoms with van der Waals surface area (Å²) in [5.41, 5.74) is 4.92. The molecule has 1 unspecified atom stereocenters. The smallest absolute Gasteiger partial charge is 0.231 e. The molecule has 0 aliphatic carbocycles. The lowest BCUT2D eigenvalue weighted by molar-refractivity contribution is -0.121. The van der Waals surface area contributed by atoms with Crippen LogP contribution in [0.4, 0.5) is 4.39 Å². The standard InChI is InChI=1S/C15H23FN2O3/c1-15(2,3)18(9-14(17)20)8-12(19)10-21-13-6-4-11(16)5-7-13/h4-7,12,19H,8-10H2,1-3H3,(H2,17,20). The molecule has 1 atom stereocenters. The van der Waals surface area contributed by atoms with Crippen LogP contribution < -0.4 is 10.5 Å². The maximum absolute atomic E-state index is 12.8. The van der Waals surface area contributed by atoms with E-state index in [1.165, 1.54) is 24.3 Å². The molecule has 118 valence electrons. The van der Waals surface area contributed by atoms with Gasteiger partial charge in [-0.1, -0.05) is 0 Å². The molecule has 5 nitrogen and oxygen atoms in total. The van der Waals surface area contributed by atoms with Crippen molar-refractivity contribution in [3.8, 4) is 5.75 Å². The maximum Gasteiger partial charge on any atom is 0.231 e. The Labute approximate surface area is 124 Å². The lowest BCUT2D eigenvalue weighted by atomic mass is 10.1. The van der Waals surface area contributed by atoms with Gasteiger partial charge in [-0.15, -0.1) is 0 Å². The second-order valence-corrected chi connectivity index (χ2v) is 5.94. The number of halogens is 1. The van der Waals surface area contributed by atoms with Crippen molar-refractivity contribution in [2.75, 3.05) is 19.7 Å². The van der Waals surface area contributed by atoms with E-state index < -0.39 is 12.0 Å². The highest BCUT2D eigenvalue weighted by molar-refractivity contribution is 5.76. The van der Waals surface area contributed by atoms with E-state index >= 15 is 0 Å². The van der Waals surface area contributed by atoms with Gasteiger partial charge in [-0.05, 0) is 45.0 Å². The molecule has 1 rings (SSSR count). The molecule has 0 aliphatic rings. The predicted octanol–water partition coefficient (Wildman–Crippen LogP) is 1.15. The number of benzene rings is 1. The SMILES string of the molecule is CC(C)(C)N(CC(N)=O)CC(O)COc1ccc(F)cc1. The Morgan fingerprint density at radius 3 is 2.43 bits per heavy atom. The van der Waals surface area contributed by atoms with Gasteiger partial charge in [0, 0.05) is 12.1 Å². The van der Waals surface area contributed by atoms with Gasteiger partial charge in [0.15, 0.2) is 0 Å². The van der Waals surface area contributed by atoms with Crippen LogP contribution in [0, 0.1) is 5.82 Å². The minimum absolute atomic E-state index is 0.0526. The van der Waals surface area contributed by atoms with Crippen molar-refractivity contribution in [2.45, 2.75) is 32.4 Å². The van der Waals surface area contributed by atoms with Crippen molar-refractivity contribution in [1.29, 1.82) is 0 Å². The first-order valence-corrected chi connectivity index (χ1v) is 6.78. The van der Waals surface area contributed by atoms with Crippen molar-refractivity contribution < 1.29 is 19.0 Å². The fourth-order valence-corrected chi connectivity index (χ4v) is 1.79. The Hall–Kier alpha value is -1.66. The molecule has 6 heteroatoms. The first-order valence-electron chi connectivity index (χ1n) is 6.78. The number of ether oxygens (including phenoxy) is 1. The van der Waals surface area contributed by atoms with Gasteiger partial charge in [0.25, 0.3) is 0 Å². The molecular weight excluding hydrogens is 275 g/mol. The van der Waals surface area contributed by atoms with Gasteiger partial charge in [0.1, 0.15) is 24.3 Å². The van der Waals surface area contributed by atoms with Crippen LogP contribution >= 0.6 is 0 Å². The van der Waals surface area contributed by atoms with Crippen LogP contribution in [-0.4, -0.2) is 47.3 Å². The number of amides is 1. The van der Waals surface area contributed by atoms with Gasteiger partial charge in [0.05, 0.1) is 6.54 Å². The van der Waals surface area contributed by atoms with E-state index in [0.717, 1.165) is 0 Å². The highest BCUT2D eigenvalue weighted by Gasteiger charge is 2.25. The summed E-state index contributed by atoms with van der Waals surface area (Å²) in [6, 6.07) is 5.56. The summed E-state index contributed by atoms with van der Waals surface area (Å²) < 4.78 is 18.1. The van der Waals surface area contributed by atoms with Crippen LogP contribution in [-0.2, 0) is 4.79 Å². The first-order chi connectivity index (χ1) is 9.68. The number of β-amino-alcohol motifs (C(OH)–C–C–N with tert-alkyl or cyclic N) is 1. The zero-order valence-electron chi connectivity index (χ0n) is 12.7. The molecule has 0 spiro atoms. The summed E-state index contributed by atoms with van der Waals surface area (Å²) in [4.78, 5) is 12.9. The van der Waals surface area contributed by atoms with Crippen LogP contribution in [0.1, 0.15) is 20.8 Å². The molecule has 0 fully saturated rings. The maximum atomic E-state index is 12.8. The van der Waals surface area contributed by atoms with Gasteiger partial charge >= 0.3 is 0 Å². The number of aliphatic hydroxyl groups is 1. The number of hydrogen-bond acceptors (Lipinski definition) is 4. The molecule has 1 aromatic carbocycles. The Kier molecular flexibility index (Phi) is 6.11. The molecule has 0 aliphatic heterocycles. The van der Waals surface area contributed by atoms with Gasteiger partial charge < -0.3 is 15.6 Å². The van der Waals surface area contributed by atoms with Gasteiger partial charge in [-0.3, -0.25) is 9.69 Å². The number of carbonyl (C=O) groups excluding carboxylic acids is 1. The van der Waals surface area contributed by atoms with Crippen molar-refractivity contribution in [2.24, 2.45) is 5.73 Å². The fraction of sp³-hybridized carbons (Fsp3) is 0.533. The zero-order valence-corrected chi connectivity index (χ0v) is 12.7. The highest BCUT2D eigenvalue weighted by atomic mass is 19.1. The summed E-state index contributed by atoms with van der Waals surface area (Å²) in [5.74, 6) is -0.312. The minimum Gasteiger partial charge on any atom is -0.491 e. The van der Waals surface area contributed by atoms with Crippen LogP contribution in [0.5, 0.6) is 5.75 Å². The Morgan fingerprint density at radius 1 is 1.38 bits per heavy atom. The Bertz CT molecular complexity index is 457. The van der Waals surface area contributed by atoms with E-state index in [1.807, 2.05) is 20.8 Å². The molecule has 0 saturated carbocycles. The Morgan fingerprint density at radius 2 is 1.95 bits per heavy atom. The number of aliphatic hydroxyl groups excluding tert-OH is 1. The second-order valence-electron chi connectivity index (χ2n) is 5.94. The average molecular weight is 298 g/mol. The summed E-state index contributed by atoms with van der Waals surface area (Å²) in [5, 5.41) is 10.0. The largest absolute Gasteiger partial charge is 0.491 e. The molecule has 3 N–H and O–H groups in total. The highest BCUT2D eigenvalue weighted by Crippen LogP contribution is 2.15. The van der Waals surface area contributed by atoms with Gasteiger partial charge in [-0.2, -0.15) is 0 Å². The second kappa shape index (κ2) is 7.38. The van der Waals surface area contributed by atoms with Gasteiger partial charge in [-0.25, -0.2) is 4.39 Å². The first kappa shape index (κ1) is 17.4. The average Bonchev–Trinajstić information content (AvgIpc) is 2.36. The van der Waals surface area contributed by atoms with E-state index in [1.54, 1.807) is 4.90 Å². The topological polar surface area (TPSA) is 75.8 Å². The van der Waals surface area contributed by atoms with Crippen LogP contribution in [0.15, 0.2) is 24.3 Å². The summed E-state index contributed by atoms with van der Waals surface area (Å²) in [7, 11) is 0. The third-order valence-corrected chi connectivity index (χ3v) is 2.98. The van der Waals surface area contributed by atoms with Crippen LogP contribution in [0.2, 0.25) is 0 Å². The lowest BCUT2D eigenvalue weighted by Crippen LogP contribution is -2.50. The number of hydrogen-bond donors (Lipinski definition) is 2. The molecule has 0 bridgehead atoms. The zero-order chi connectivity index (χ0) is 16.0. The monoisotopic (exact) mass is 298 g/mol. The van der Waals surface area contributed by atoms with Crippen LogP contribution in [0.3, 0.4) is 0 Å². The third-order valence-electron chi connectivity index (χ3n) is 2.98. The van der Waals surface area contributed by atoms with E-state index in [0.29, 0.717) is 5.75 Å². The molecule has 1 amide bonds. The molecule has 0 radical (unpaired) electrons. The molecule has 0 saturated heterocycles. The van der Waals surface area contributed by atoms with Crippen molar-refractivity contribution in [3.63, 3.8) is 0 Å². The number of nitrogens with two attached hydrogens (primary N) is 1. The molecule has 0 aromatic heterocycles. The number of nitrogens with zero attached hydrogens (tertiary/aromatic N) is 1. The van der Waals surface area contributed by atoms with E-state index in [4.69, 9.17) is 10.5 Å². The summed E-state index contributed by atoms with van der Waals surface area (Å²) in [6.45, 7) is 6.18. The Balaban J connectivity index is 2.51. The van der Waals surface area contributed by atoms with Crippen molar-refractivity contribution >= 4 is 5.91 Å². The minimum atomic E-state index is -0.784. The molecule has 21 heavy (non-hydrogen) atoms. The van der Waals surface area contributed by atoms with E-state index in [9.17, 15) is 14.3 Å². The molecular formula is C15H23FN2O3. The fourth-order valence-electron chi connectivity index (χ4n) is 1.79. The third kappa shape index (κ3) is 6.55. The number of primary amides is 1. The predicted molar refractivity (Wildman–Crippen MR) is 78.4 cm³/mol.